The summed E-state index contributed by atoms with van der Waals surface area (Å²) in [6.45, 7) is 0. The first kappa shape index (κ1) is 23.5. The van der Waals surface area contributed by atoms with Gasteiger partial charge in [0.25, 0.3) is 10.1 Å². The number of hydrogen-bond acceptors (Lipinski definition) is 5. The Morgan fingerprint density at radius 3 is 2.49 bits per heavy atom. The molecular formula is C27H24ClN3O3S. The molecule has 35 heavy (non-hydrogen) atoms. The predicted molar refractivity (Wildman–Crippen MR) is 139 cm³/mol. The summed E-state index contributed by atoms with van der Waals surface area (Å²) in [6.07, 6.45) is 3.65. The smallest absolute Gasteiger partial charge is 0.264 e. The Hall–Kier alpha value is -3.26. The fourth-order valence-corrected chi connectivity index (χ4v) is 5.17. The van der Waals surface area contributed by atoms with Crippen LogP contribution in [0.2, 0.25) is 5.02 Å². The Morgan fingerprint density at radius 1 is 1.00 bits per heavy atom. The number of aromatic nitrogens is 2. The van der Waals surface area contributed by atoms with Crippen molar-refractivity contribution in [2.75, 3.05) is 11.1 Å². The van der Waals surface area contributed by atoms with E-state index >= 15 is 0 Å². The number of hydrogen-bond donors (Lipinski definition) is 2. The topological polar surface area (TPSA) is 92.2 Å². The molecule has 0 unspecified atom stereocenters. The molecule has 0 spiro atoms. The second-order valence-corrected chi connectivity index (χ2v) is 10.7. The molecule has 1 atom stereocenters. The number of rotatable bonds is 7. The summed E-state index contributed by atoms with van der Waals surface area (Å²) in [5.74, 6) is 0.491. The number of halogens is 1. The minimum atomic E-state index is -3.93. The van der Waals surface area contributed by atoms with Gasteiger partial charge in [0.2, 0.25) is 5.95 Å². The van der Waals surface area contributed by atoms with Gasteiger partial charge in [-0.05, 0) is 65.8 Å². The van der Waals surface area contributed by atoms with Crippen molar-refractivity contribution in [3.05, 3.63) is 106 Å². The Bertz CT molecular complexity index is 1460. The van der Waals surface area contributed by atoms with Gasteiger partial charge >= 0.3 is 0 Å². The van der Waals surface area contributed by atoms with E-state index in [0.29, 0.717) is 18.8 Å². The van der Waals surface area contributed by atoms with Gasteiger partial charge in [-0.1, -0.05) is 60.1 Å². The number of nitrogens with one attached hydrogen (secondary N) is 1. The minimum Gasteiger partial charge on any atom is -0.324 e. The third-order valence-electron chi connectivity index (χ3n) is 6.23. The number of benzene rings is 3. The molecule has 3 aromatic carbocycles. The van der Waals surface area contributed by atoms with Crippen LogP contribution in [0.25, 0.3) is 11.3 Å². The van der Waals surface area contributed by atoms with Crippen molar-refractivity contribution in [3.63, 3.8) is 0 Å². The van der Waals surface area contributed by atoms with E-state index in [-0.39, 0.29) is 11.7 Å². The molecule has 6 nitrogen and oxygen atoms in total. The zero-order valence-electron chi connectivity index (χ0n) is 18.9. The molecule has 0 amide bonds. The molecule has 1 aliphatic carbocycles. The van der Waals surface area contributed by atoms with E-state index < -0.39 is 10.1 Å². The van der Waals surface area contributed by atoms with E-state index in [9.17, 15) is 8.42 Å². The maximum absolute atomic E-state index is 10.9. The van der Waals surface area contributed by atoms with E-state index in [1.54, 1.807) is 0 Å². The van der Waals surface area contributed by atoms with Crippen LogP contribution in [0, 0.1) is 0 Å². The summed E-state index contributed by atoms with van der Waals surface area (Å²) in [5, 5.41) is 3.99. The molecule has 0 saturated carbocycles. The highest BCUT2D eigenvalue weighted by Crippen LogP contribution is 2.42. The van der Waals surface area contributed by atoms with Gasteiger partial charge in [0.05, 0.1) is 11.4 Å². The Labute approximate surface area is 209 Å². The number of fused-ring (bicyclic) bond motifs is 3. The van der Waals surface area contributed by atoms with Crippen LogP contribution < -0.4 is 5.32 Å². The first-order chi connectivity index (χ1) is 16.9. The van der Waals surface area contributed by atoms with E-state index in [1.807, 2.05) is 48.7 Å². The first-order valence-electron chi connectivity index (χ1n) is 11.4. The number of aryl methyl sites for hydroxylation is 1. The Morgan fingerprint density at radius 2 is 1.74 bits per heavy atom. The van der Waals surface area contributed by atoms with E-state index in [4.69, 9.17) is 21.1 Å². The van der Waals surface area contributed by atoms with E-state index in [1.165, 1.54) is 11.1 Å². The van der Waals surface area contributed by atoms with Crippen LogP contribution in [0.4, 0.5) is 11.6 Å². The molecule has 4 aromatic rings. The summed E-state index contributed by atoms with van der Waals surface area (Å²) in [7, 11) is -3.93. The molecule has 178 valence electrons. The monoisotopic (exact) mass is 505 g/mol. The SMILES string of the molecule is O=S(=O)(O)CCCc1ccc(Nc2ncc3c(n2)-c2ccccc2[C@H](c2ccc(Cl)cc2)C3)cc1. The van der Waals surface area contributed by atoms with Gasteiger partial charge in [0.15, 0.2) is 0 Å². The summed E-state index contributed by atoms with van der Waals surface area (Å²) in [5.41, 5.74) is 7.42. The van der Waals surface area contributed by atoms with Crippen LogP contribution in [-0.2, 0) is 23.0 Å². The molecule has 8 heteroatoms. The number of anilines is 2. The second-order valence-electron chi connectivity index (χ2n) is 8.67. The van der Waals surface area contributed by atoms with Crippen LogP contribution >= 0.6 is 11.6 Å². The summed E-state index contributed by atoms with van der Waals surface area (Å²) < 4.78 is 30.6. The van der Waals surface area contributed by atoms with Gasteiger partial charge in [0, 0.05) is 28.4 Å². The zero-order chi connectivity index (χ0) is 24.4. The Balaban J connectivity index is 1.36. The third kappa shape index (κ3) is 5.53. The van der Waals surface area contributed by atoms with Crippen LogP contribution in [0.5, 0.6) is 0 Å². The summed E-state index contributed by atoms with van der Waals surface area (Å²) >= 11 is 6.11. The van der Waals surface area contributed by atoms with Gasteiger partial charge in [-0.2, -0.15) is 8.42 Å². The van der Waals surface area contributed by atoms with Crippen LogP contribution in [0.3, 0.4) is 0 Å². The molecule has 0 radical (unpaired) electrons. The molecule has 0 aliphatic heterocycles. The average molecular weight is 506 g/mol. The van der Waals surface area contributed by atoms with Gasteiger partial charge in [-0.15, -0.1) is 0 Å². The largest absolute Gasteiger partial charge is 0.324 e. The van der Waals surface area contributed by atoms with Gasteiger partial charge < -0.3 is 5.32 Å². The van der Waals surface area contributed by atoms with Crippen LogP contribution in [0.15, 0.2) is 79.0 Å². The van der Waals surface area contributed by atoms with Crippen molar-refractivity contribution >= 4 is 33.4 Å². The van der Waals surface area contributed by atoms with Crippen LogP contribution in [-0.4, -0.2) is 28.7 Å². The molecule has 5 rings (SSSR count). The lowest BCUT2D eigenvalue weighted by atomic mass is 9.78. The van der Waals surface area contributed by atoms with Gasteiger partial charge in [-0.25, -0.2) is 9.97 Å². The molecular weight excluding hydrogens is 482 g/mol. The van der Waals surface area contributed by atoms with E-state index in [0.717, 1.165) is 39.5 Å². The molecule has 0 fully saturated rings. The zero-order valence-corrected chi connectivity index (χ0v) is 20.4. The van der Waals surface area contributed by atoms with E-state index in [2.05, 4.69) is 40.6 Å². The molecule has 0 bridgehead atoms. The minimum absolute atomic E-state index is 0.215. The fourth-order valence-electron chi connectivity index (χ4n) is 4.53. The van der Waals surface area contributed by atoms with Crippen molar-refractivity contribution in [2.24, 2.45) is 0 Å². The van der Waals surface area contributed by atoms with Crippen molar-refractivity contribution < 1.29 is 13.0 Å². The maximum atomic E-state index is 10.9. The van der Waals surface area contributed by atoms with Gasteiger partial charge in [0.1, 0.15) is 0 Å². The van der Waals surface area contributed by atoms with Crippen LogP contribution in [0.1, 0.15) is 34.6 Å². The Kier molecular flexibility index (Phi) is 6.56. The third-order valence-corrected chi connectivity index (χ3v) is 7.29. The molecule has 2 N–H and O–H groups in total. The normalized spacial score (nSPS) is 14.7. The lowest BCUT2D eigenvalue weighted by molar-refractivity contribution is 0.481. The van der Waals surface area contributed by atoms with Crippen molar-refractivity contribution in [2.45, 2.75) is 25.2 Å². The fraction of sp³-hybridized carbons (Fsp3) is 0.185. The molecule has 1 heterocycles. The first-order valence-corrected chi connectivity index (χ1v) is 13.4. The highest BCUT2D eigenvalue weighted by molar-refractivity contribution is 7.85. The molecule has 1 aromatic heterocycles. The van der Waals surface area contributed by atoms with Crippen molar-refractivity contribution in [1.29, 1.82) is 0 Å². The second kappa shape index (κ2) is 9.77. The average Bonchev–Trinajstić information content (AvgIpc) is 2.85. The summed E-state index contributed by atoms with van der Waals surface area (Å²) in [6, 6.07) is 24.1. The van der Waals surface area contributed by atoms with Gasteiger partial charge in [-0.3, -0.25) is 4.55 Å². The quantitative estimate of drug-likeness (QED) is 0.297. The highest BCUT2D eigenvalue weighted by atomic mass is 35.5. The molecule has 0 saturated heterocycles. The van der Waals surface area contributed by atoms with Crippen molar-refractivity contribution in [1.82, 2.24) is 9.97 Å². The predicted octanol–water partition coefficient (Wildman–Crippen LogP) is 6.05. The summed E-state index contributed by atoms with van der Waals surface area (Å²) in [4.78, 5) is 9.42. The lowest BCUT2D eigenvalue weighted by Crippen LogP contribution is -2.15. The number of nitrogens with zero attached hydrogens (tertiary/aromatic N) is 2. The lowest BCUT2D eigenvalue weighted by Gasteiger charge is -2.27. The maximum Gasteiger partial charge on any atom is 0.264 e. The standard InChI is InChI=1S/C27H24ClN3O3S/c28-21-11-9-19(10-12-21)25-16-20-17-29-27(31-26(20)24-6-2-1-5-23(24)25)30-22-13-7-18(8-14-22)4-3-15-35(32,33)34/h1-2,5-14,17,25H,3-4,15-16H2,(H,29,30,31)(H,32,33,34)/t25-/m0/s1. The van der Waals surface area contributed by atoms with Crippen molar-refractivity contribution in [3.8, 4) is 11.3 Å². The molecule has 1 aliphatic rings. The highest BCUT2D eigenvalue weighted by Gasteiger charge is 2.27.